The summed E-state index contributed by atoms with van der Waals surface area (Å²) in [5, 5.41) is 3.48. The van der Waals surface area contributed by atoms with Crippen LogP contribution in [-0.2, 0) is 14.3 Å². The third-order valence-corrected chi connectivity index (χ3v) is 8.33. The van der Waals surface area contributed by atoms with Crippen LogP contribution in [0.15, 0.2) is 12.1 Å². The number of halogens is 1. The van der Waals surface area contributed by atoms with Crippen molar-refractivity contribution in [1.29, 1.82) is 0 Å². The van der Waals surface area contributed by atoms with Gasteiger partial charge in [-0.1, -0.05) is 18.0 Å². The van der Waals surface area contributed by atoms with E-state index in [4.69, 9.17) is 26.8 Å². The molecule has 4 fully saturated rings. The lowest BCUT2D eigenvalue weighted by Gasteiger charge is -2.43. The van der Waals surface area contributed by atoms with Crippen molar-refractivity contribution >= 4 is 29.2 Å². The molecule has 36 heavy (non-hydrogen) atoms. The lowest BCUT2D eigenvalue weighted by Crippen LogP contribution is -2.55. The van der Waals surface area contributed by atoms with Crippen LogP contribution in [0.25, 0.3) is 0 Å². The summed E-state index contributed by atoms with van der Waals surface area (Å²) < 4.78 is 11.5. The maximum Gasteiger partial charge on any atom is 0.306 e. The van der Waals surface area contributed by atoms with Crippen molar-refractivity contribution in [2.24, 2.45) is 5.92 Å². The molecule has 0 radical (unpaired) electrons. The molecule has 3 N–H and O–H groups in total. The molecule has 4 aliphatic heterocycles. The van der Waals surface area contributed by atoms with Gasteiger partial charge in [-0.3, -0.25) is 14.5 Å². The number of nitrogens with zero attached hydrogens (tertiary/aromatic N) is 2. The largest absolute Gasteiger partial charge is 0.461 e. The number of carbonyl (C=O) groups excluding carboxylic acids is 2. The van der Waals surface area contributed by atoms with Crippen molar-refractivity contribution in [3.63, 3.8) is 0 Å². The number of methoxy groups -OCH3 is 1. The van der Waals surface area contributed by atoms with Crippen molar-refractivity contribution in [2.75, 3.05) is 52.1 Å². The molecule has 4 saturated heterocycles. The molecular weight excluding hydrogens is 480 g/mol. The van der Waals surface area contributed by atoms with E-state index in [2.05, 4.69) is 15.1 Å². The number of unbranched alkanes of at least 4 members (excludes halogenated alkanes) is 2. The third kappa shape index (κ3) is 6.91. The average Bonchev–Trinajstić information content (AvgIpc) is 2.84. The monoisotopic (exact) mass is 520 g/mol. The number of piperidine rings is 4. The molecule has 5 rings (SSSR count). The highest BCUT2D eigenvalue weighted by molar-refractivity contribution is 6.34. The maximum atomic E-state index is 12.9. The minimum Gasteiger partial charge on any atom is -0.461 e. The first-order valence-electron chi connectivity index (χ1n) is 13.4. The number of nitrogen functional groups attached to an aromatic ring is 1. The van der Waals surface area contributed by atoms with Gasteiger partial charge in [-0.2, -0.15) is 0 Å². The maximum absolute atomic E-state index is 12.9. The van der Waals surface area contributed by atoms with E-state index in [1.807, 2.05) is 6.92 Å². The highest BCUT2D eigenvalue weighted by Gasteiger charge is 2.36. The molecular formula is C27H41ClN4O4. The number of carbonyl (C=O) groups is 2. The second kappa shape index (κ2) is 12.6. The van der Waals surface area contributed by atoms with E-state index in [0.29, 0.717) is 28.6 Å². The first-order chi connectivity index (χ1) is 17.3. The zero-order valence-electron chi connectivity index (χ0n) is 21.6. The number of nitrogens with two attached hydrogens (primary N) is 1. The van der Waals surface area contributed by atoms with Crippen molar-refractivity contribution < 1.29 is 19.1 Å². The molecule has 0 aromatic heterocycles. The van der Waals surface area contributed by atoms with Gasteiger partial charge in [0.2, 0.25) is 0 Å². The zero-order valence-corrected chi connectivity index (χ0v) is 22.4. The lowest BCUT2D eigenvalue weighted by atomic mass is 9.86. The summed E-state index contributed by atoms with van der Waals surface area (Å²) in [6, 6.07) is 3.29. The number of amides is 1. The molecule has 4 aliphatic rings. The van der Waals surface area contributed by atoms with Crippen LogP contribution in [0.2, 0.25) is 5.02 Å². The Morgan fingerprint density at radius 3 is 2.53 bits per heavy atom. The molecule has 9 heteroatoms. The van der Waals surface area contributed by atoms with Crippen LogP contribution in [-0.4, -0.2) is 86.3 Å². The number of benzene rings is 1. The molecule has 0 aliphatic carbocycles. The minimum atomic E-state index is -0.192. The van der Waals surface area contributed by atoms with Gasteiger partial charge in [-0.05, 0) is 82.3 Å². The van der Waals surface area contributed by atoms with Crippen LogP contribution in [0.1, 0.15) is 60.9 Å². The summed E-state index contributed by atoms with van der Waals surface area (Å²) >= 11 is 6.30. The Morgan fingerprint density at radius 2 is 1.86 bits per heavy atom. The van der Waals surface area contributed by atoms with E-state index in [1.54, 1.807) is 19.2 Å². The third-order valence-electron chi connectivity index (χ3n) is 8.03. The van der Waals surface area contributed by atoms with Crippen LogP contribution < -0.4 is 11.1 Å². The number of aryl methyl sites for hydroxylation is 1. The fourth-order valence-corrected chi connectivity index (χ4v) is 6.30. The summed E-state index contributed by atoms with van der Waals surface area (Å²) in [5.41, 5.74) is 7.60. The van der Waals surface area contributed by atoms with E-state index in [1.165, 1.54) is 0 Å². The summed E-state index contributed by atoms with van der Waals surface area (Å²) in [6.07, 6.45) is 6.54. The van der Waals surface area contributed by atoms with Gasteiger partial charge in [0, 0.05) is 38.9 Å². The minimum absolute atomic E-state index is 0.0406. The quantitative estimate of drug-likeness (QED) is 0.277. The number of nitrogens with one attached hydrogen (secondary N) is 1. The Labute approximate surface area is 219 Å². The first-order valence-corrected chi connectivity index (χ1v) is 13.7. The molecule has 1 amide bonds. The highest BCUT2D eigenvalue weighted by atomic mass is 35.5. The Balaban J connectivity index is 1.14. The SMILES string of the molecule is CO[C@H]1CN(CCCCCC(=O)O[C@H]2CN3CCC2CC3)CC[C@H]1NC(=O)c1c(C)cc(N)cc1Cl. The average molecular weight is 521 g/mol. The fraction of sp³-hybridized carbons (Fsp3) is 0.704. The van der Waals surface area contributed by atoms with Crippen molar-refractivity contribution in [1.82, 2.24) is 15.1 Å². The van der Waals surface area contributed by atoms with Crippen molar-refractivity contribution in [3.05, 3.63) is 28.3 Å². The Morgan fingerprint density at radius 1 is 1.08 bits per heavy atom. The number of rotatable bonds is 10. The normalized spacial score (nSPS) is 28.1. The second-order valence-electron chi connectivity index (χ2n) is 10.6. The molecule has 3 atom stereocenters. The summed E-state index contributed by atoms with van der Waals surface area (Å²) in [4.78, 5) is 30.0. The van der Waals surface area contributed by atoms with Gasteiger partial charge < -0.3 is 25.4 Å². The van der Waals surface area contributed by atoms with E-state index in [0.717, 1.165) is 83.4 Å². The predicted molar refractivity (Wildman–Crippen MR) is 141 cm³/mol. The Kier molecular flexibility index (Phi) is 9.50. The molecule has 0 spiro atoms. The topological polar surface area (TPSA) is 97.1 Å². The van der Waals surface area contributed by atoms with E-state index < -0.39 is 0 Å². The van der Waals surface area contributed by atoms with Gasteiger partial charge in [0.1, 0.15) is 6.10 Å². The van der Waals surface area contributed by atoms with Gasteiger partial charge in [0.25, 0.3) is 5.91 Å². The summed E-state index contributed by atoms with van der Waals surface area (Å²) in [6.45, 7) is 7.67. The van der Waals surface area contributed by atoms with Crippen LogP contribution in [0.3, 0.4) is 0 Å². The van der Waals surface area contributed by atoms with Crippen LogP contribution in [0, 0.1) is 12.8 Å². The van der Waals surface area contributed by atoms with Gasteiger partial charge in [0.15, 0.2) is 0 Å². The van der Waals surface area contributed by atoms with Crippen LogP contribution in [0.4, 0.5) is 5.69 Å². The number of fused-ring (bicyclic) bond motifs is 3. The number of hydrogen-bond acceptors (Lipinski definition) is 7. The molecule has 4 heterocycles. The number of hydrogen-bond donors (Lipinski definition) is 2. The van der Waals surface area contributed by atoms with E-state index in [-0.39, 0.29) is 30.1 Å². The standard InChI is InChI=1S/C27H41ClN4O4/c1-18-14-20(29)15-21(28)26(18)27(34)30-22-9-13-31(17-24(22)35-2)10-5-3-4-6-25(33)36-23-16-32-11-7-19(23)8-12-32/h14-15,19,22-24H,3-13,16-17,29H2,1-2H3,(H,30,34)/t22-,23+,24+/m1/s1. The molecule has 1 aromatic carbocycles. The van der Waals surface area contributed by atoms with E-state index >= 15 is 0 Å². The fourth-order valence-electron chi connectivity index (χ4n) is 5.94. The van der Waals surface area contributed by atoms with Gasteiger partial charge in [0.05, 0.1) is 22.7 Å². The lowest BCUT2D eigenvalue weighted by molar-refractivity contribution is -0.158. The van der Waals surface area contributed by atoms with E-state index in [9.17, 15) is 9.59 Å². The van der Waals surface area contributed by atoms with Crippen molar-refractivity contribution in [3.8, 4) is 0 Å². The summed E-state index contributed by atoms with van der Waals surface area (Å²) in [5.74, 6) is 0.331. The molecule has 0 saturated carbocycles. The zero-order chi connectivity index (χ0) is 25.7. The number of ether oxygens (including phenoxy) is 2. The van der Waals surface area contributed by atoms with Crippen LogP contribution >= 0.6 is 11.6 Å². The number of anilines is 1. The molecule has 1 aromatic rings. The Bertz CT molecular complexity index is 898. The first kappa shape index (κ1) is 27.2. The van der Waals surface area contributed by atoms with Gasteiger partial charge in [-0.15, -0.1) is 0 Å². The Hall–Kier alpha value is -1.87. The second-order valence-corrected chi connectivity index (χ2v) is 11.0. The highest BCUT2D eigenvalue weighted by Crippen LogP contribution is 2.30. The number of likely N-dealkylation sites (tertiary alicyclic amines) is 1. The van der Waals surface area contributed by atoms with Gasteiger partial charge in [-0.25, -0.2) is 0 Å². The van der Waals surface area contributed by atoms with Crippen molar-refractivity contribution in [2.45, 2.75) is 70.1 Å². The molecule has 200 valence electrons. The summed E-state index contributed by atoms with van der Waals surface area (Å²) in [7, 11) is 1.69. The number of esters is 1. The van der Waals surface area contributed by atoms with Gasteiger partial charge >= 0.3 is 5.97 Å². The molecule has 8 nitrogen and oxygen atoms in total. The predicted octanol–water partition coefficient (Wildman–Crippen LogP) is 3.25. The van der Waals surface area contributed by atoms with Crippen LogP contribution in [0.5, 0.6) is 0 Å². The molecule has 2 bridgehead atoms. The molecule has 0 unspecified atom stereocenters. The smallest absolute Gasteiger partial charge is 0.306 e.